The van der Waals surface area contributed by atoms with Gasteiger partial charge in [0.1, 0.15) is 6.33 Å². The fourth-order valence-corrected chi connectivity index (χ4v) is 3.42. The lowest BCUT2D eigenvalue weighted by Gasteiger charge is -2.09. The molecule has 0 spiro atoms. The summed E-state index contributed by atoms with van der Waals surface area (Å²) in [5, 5.41) is 12.9. The van der Waals surface area contributed by atoms with E-state index in [0.717, 1.165) is 17.1 Å². The summed E-state index contributed by atoms with van der Waals surface area (Å²) in [4.78, 5) is 15.3. The van der Waals surface area contributed by atoms with Gasteiger partial charge >= 0.3 is 0 Å². The predicted octanol–water partition coefficient (Wildman–Crippen LogP) is 2.79. The van der Waals surface area contributed by atoms with E-state index in [4.69, 9.17) is 0 Å². The van der Waals surface area contributed by atoms with Gasteiger partial charge in [-0.05, 0) is 31.9 Å². The number of nitrogens with zero attached hydrogens (tertiary/aromatic N) is 3. The van der Waals surface area contributed by atoms with Gasteiger partial charge in [0.2, 0.25) is 5.91 Å². The summed E-state index contributed by atoms with van der Waals surface area (Å²) in [7, 11) is 0. The Labute approximate surface area is 145 Å². The zero-order chi connectivity index (χ0) is 16.9. The number of benzene rings is 1. The molecule has 0 aliphatic rings. The molecule has 0 fully saturated rings. The van der Waals surface area contributed by atoms with Gasteiger partial charge in [0.05, 0.1) is 5.75 Å². The Morgan fingerprint density at radius 1 is 1.38 bits per heavy atom. The quantitative estimate of drug-likeness (QED) is 0.647. The van der Waals surface area contributed by atoms with Crippen molar-refractivity contribution in [2.24, 2.45) is 0 Å². The maximum Gasteiger partial charge on any atom is 0.230 e. The van der Waals surface area contributed by atoms with E-state index >= 15 is 0 Å². The minimum absolute atomic E-state index is 0.0122. The second kappa shape index (κ2) is 7.53. The third kappa shape index (κ3) is 3.79. The minimum atomic E-state index is 0.0122. The highest BCUT2D eigenvalue weighted by Gasteiger charge is 2.10. The molecule has 2 N–H and O–H groups in total. The molecule has 0 saturated carbocycles. The summed E-state index contributed by atoms with van der Waals surface area (Å²) < 4.78 is 1.96. The molecule has 2 heterocycles. The summed E-state index contributed by atoms with van der Waals surface area (Å²) in [6.45, 7) is 4.75. The Kier molecular flexibility index (Phi) is 5.20. The van der Waals surface area contributed by atoms with Crippen molar-refractivity contribution >= 4 is 28.6 Å². The first kappa shape index (κ1) is 16.6. The first-order valence-corrected chi connectivity index (χ1v) is 8.97. The monoisotopic (exact) mass is 343 g/mol. The van der Waals surface area contributed by atoms with Crippen LogP contribution >= 0.6 is 11.8 Å². The number of H-pyrrole nitrogens is 1. The van der Waals surface area contributed by atoms with Gasteiger partial charge in [-0.1, -0.05) is 30.0 Å². The first-order valence-electron chi connectivity index (χ1n) is 7.99. The van der Waals surface area contributed by atoms with Gasteiger partial charge in [-0.15, -0.1) is 10.2 Å². The average Bonchev–Trinajstić information content (AvgIpc) is 3.20. The molecule has 0 radical (unpaired) electrons. The smallest absolute Gasteiger partial charge is 0.230 e. The Hall–Kier alpha value is -2.28. The Morgan fingerprint density at radius 2 is 2.21 bits per heavy atom. The number of aromatic amines is 1. The normalized spacial score (nSPS) is 11.3. The number of carbonyl (C=O) groups excluding carboxylic acids is 1. The van der Waals surface area contributed by atoms with Crippen LogP contribution in [0, 0.1) is 0 Å². The topological polar surface area (TPSA) is 75.6 Å². The summed E-state index contributed by atoms with van der Waals surface area (Å²) in [5.74, 6) is 0.359. The number of rotatable bonds is 7. The van der Waals surface area contributed by atoms with Crippen molar-refractivity contribution in [2.75, 3.05) is 12.3 Å². The highest BCUT2D eigenvalue weighted by molar-refractivity contribution is 7.99. The van der Waals surface area contributed by atoms with E-state index in [9.17, 15) is 4.79 Å². The standard InChI is InChI=1S/C17H21N5OS/c1-12(2)22-11-20-21-17(22)24-10-16(23)18-8-7-13-9-19-15-6-4-3-5-14(13)15/h3-6,9,11-12,19H,7-8,10H2,1-2H3,(H,18,23). The number of amides is 1. The summed E-state index contributed by atoms with van der Waals surface area (Å²) in [5.41, 5.74) is 2.35. The SMILES string of the molecule is CC(C)n1cnnc1SCC(=O)NCCc1c[nH]c2ccccc12. The first-order chi connectivity index (χ1) is 11.6. The lowest BCUT2D eigenvalue weighted by atomic mass is 10.1. The van der Waals surface area contributed by atoms with Crippen LogP contribution in [-0.4, -0.2) is 38.0 Å². The third-order valence-electron chi connectivity index (χ3n) is 3.82. The molecule has 6 nitrogen and oxygen atoms in total. The van der Waals surface area contributed by atoms with Crippen molar-refractivity contribution in [1.82, 2.24) is 25.1 Å². The van der Waals surface area contributed by atoms with Crippen molar-refractivity contribution in [3.05, 3.63) is 42.4 Å². The van der Waals surface area contributed by atoms with Crippen molar-refractivity contribution in [2.45, 2.75) is 31.5 Å². The van der Waals surface area contributed by atoms with E-state index in [1.54, 1.807) is 6.33 Å². The molecule has 0 aliphatic carbocycles. The molecule has 0 saturated heterocycles. The number of hydrogen-bond acceptors (Lipinski definition) is 4. The third-order valence-corrected chi connectivity index (χ3v) is 4.78. The van der Waals surface area contributed by atoms with Gasteiger partial charge in [-0.25, -0.2) is 0 Å². The second-order valence-corrected chi connectivity index (χ2v) is 6.81. The Morgan fingerprint density at radius 3 is 3.04 bits per heavy atom. The second-order valence-electron chi connectivity index (χ2n) is 5.86. The molecule has 3 rings (SSSR count). The van der Waals surface area contributed by atoms with Crippen LogP contribution in [0.5, 0.6) is 0 Å². The van der Waals surface area contributed by atoms with E-state index in [2.05, 4.69) is 46.5 Å². The van der Waals surface area contributed by atoms with Crippen LogP contribution < -0.4 is 5.32 Å². The number of para-hydroxylation sites is 1. The maximum absolute atomic E-state index is 12.0. The molecule has 7 heteroatoms. The molecule has 0 unspecified atom stereocenters. The van der Waals surface area contributed by atoms with Crippen LogP contribution in [0.3, 0.4) is 0 Å². The van der Waals surface area contributed by atoms with Crippen LogP contribution in [0.2, 0.25) is 0 Å². The zero-order valence-electron chi connectivity index (χ0n) is 13.8. The molecule has 1 aromatic carbocycles. The minimum Gasteiger partial charge on any atom is -0.361 e. The maximum atomic E-state index is 12.0. The van der Waals surface area contributed by atoms with Gasteiger partial charge in [-0.2, -0.15) is 0 Å². The lowest BCUT2D eigenvalue weighted by molar-refractivity contribution is -0.118. The summed E-state index contributed by atoms with van der Waals surface area (Å²) >= 11 is 1.41. The van der Waals surface area contributed by atoms with E-state index < -0.39 is 0 Å². The fraction of sp³-hybridized carbons (Fsp3) is 0.353. The van der Waals surface area contributed by atoms with Gasteiger partial charge in [0.15, 0.2) is 5.16 Å². The van der Waals surface area contributed by atoms with Crippen LogP contribution in [0.15, 0.2) is 41.9 Å². The number of hydrogen-bond donors (Lipinski definition) is 2. The molecular formula is C17H21N5OS. The van der Waals surface area contributed by atoms with Crippen LogP contribution in [0.1, 0.15) is 25.5 Å². The van der Waals surface area contributed by atoms with Crippen molar-refractivity contribution < 1.29 is 4.79 Å². The van der Waals surface area contributed by atoms with E-state index in [1.807, 2.05) is 22.9 Å². The average molecular weight is 343 g/mol. The molecule has 0 aliphatic heterocycles. The number of thioether (sulfide) groups is 1. The summed E-state index contributed by atoms with van der Waals surface area (Å²) in [6.07, 6.45) is 4.52. The van der Waals surface area contributed by atoms with Gasteiger partial charge in [0.25, 0.3) is 0 Å². The zero-order valence-corrected chi connectivity index (χ0v) is 14.6. The predicted molar refractivity (Wildman–Crippen MR) is 96.1 cm³/mol. The molecule has 2 aromatic heterocycles. The van der Waals surface area contributed by atoms with E-state index in [1.165, 1.54) is 22.7 Å². The van der Waals surface area contributed by atoms with Gasteiger partial charge in [0, 0.05) is 29.7 Å². The number of aromatic nitrogens is 4. The Balaban J connectivity index is 1.47. The van der Waals surface area contributed by atoms with Gasteiger partial charge in [-0.3, -0.25) is 4.79 Å². The number of fused-ring (bicyclic) bond motifs is 1. The van der Waals surface area contributed by atoms with E-state index in [-0.39, 0.29) is 11.9 Å². The molecule has 126 valence electrons. The molecular weight excluding hydrogens is 322 g/mol. The highest BCUT2D eigenvalue weighted by atomic mass is 32.2. The van der Waals surface area contributed by atoms with Gasteiger partial charge < -0.3 is 14.9 Å². The largest absolute Gasteiger partial charge is 0.361 e. The van der Waals surface area contributed by atoms with Crippen molar-refractivity contribution in [3.63, 3.8) is 0 Å². The molecule has 3 aromatic rings. The molecule has 0 atom stereocenters. The number of nitrogens with one attached hydrogen (secondary N) is 2. The molecule has 0 bridgehead atoms. The summed E-state index contributed by atoms with van der Waals surface area (Å²) in [6, 6.07) is 8.47. The molecule has 1 amide bonds. The van der Waals surface area contributed by atoms with E-state index in [0.29, 0.717) is 12.3 Å². The lowest BCUT2D eigenvalue weighted by Crippen LogP contribution is -2.27. The highest BCUT2D eigenvalue weighted by Crippen LogP contribution is 2.19. The fourth-order valence-electron chi connectivity index (χ4n) is 2.55. The Bertz CT molecular complexity index is 823. The van der Waals surface area contributed by atoms with Crippen LogP contribution in [-0.2, 0) is 11.2 Å². The van der Waals surface area contributed by atoms with Crippen LogP contribution in [0.25, 0.3) is 10.9 Å². The van der Waals surface area contributed by atoms with Crippen molar-refractivity contribution in [3.8, 4) is 0 Å². The molecule has 24 heavy (non-hydrogen) atoms. The van der Waals surface area contributed by atoms with Crippen molar-refractivity contribution in [1.29, 1.82) is 0 Å². The number of carbonyl (C=O) groups is 1. The van der Waals surface area contributed by atoms with Crippen LogP contribution in [0.4, 0.5) is 0 Å².